The molecule has 0 aliphatic rings. The minimum atomic E-state index is -0.341. The van der Waals surface area contributed by atoms with Crippen molar-refractivity contribution in [2.45, 2.75) is 13.0 Å². The van der Waals surface area contributed by atoms with Gasteiger partial charge < -0.3 is 0 Å². The number of aromatic nitrogens is 2. The highest BCUT2D eigenvalue weighted by Crippen LogP contribution is 2.05. The molecule has 4 heteroatoms. The standard InChI is InChI=1S/C8H10N4/c1-3-7(12-9)8-4-5-10-6(2)11-8/h1,4-5,7,12H,9H2,2H3. The van der Waals surface area contributed by atoms with Crippen molar-refractivity contribution in [3.05, 3.63) is 23.8 Å². The number of terminal acetylenes is 1. The number of nitrogens with zero attached hydrogens (tertiary/aromatic N) is 2. The minimum absolute atomic E-state index is 0.341. The van der Waals surface area contributed by atoms with E-state index in [1.807, 2.05) is 0 Å². The monoisotopic (exact) mass is 162 g/mol. The van der Waals surface area contributed by atoms with E-state index in [2.05, 4.69) is 21.3 Å². The number of rotatable bonds is 2. The largest absolute Gasteiger partial charge is 0.270 e. The summed E-state index contributed by atoms with van der Waals surface area (Å²) in [6.07, 6.45) is 6.86. The Morgan fingerprint density at radius 1 is 1.75 bits per heavy atom. The lowest BCUT2D eigenvalue weighted by molar-refractivity contribution is 0.651. The van der Waals surface area contributed by atoms with Crippen LogP contribution in [0.15, 0.2) is 12.3 Å². The third-order valence-corrected chi connectivity index (χ3v) is 1.43. The Labute approximate surface area is 71.2 Å². The van der Waals surface area contributed by atoms with Crippen LogP contribution in [0.25, 0.3) is 0 Å². The summed E-state index contributed by atoms with van der Waals surface area (Å²) >= 11 is 0. The fourth-order valence-corrected chi connectivity index (χ4v) is 0.854. The SMILES string of the molecule is C#CC(NN)c1ccnc(C)n1. The van der Waals surface area contributed by atoms with E-state index in [1.165, 1.54) is 0 Å². The molecule has 0 saturated heterocycles. The van der Waals surface area contributed by atoms with Gasteiger partial charge in [-0.15, -0.1) is 6.42 Å². The molecule has 0 bridgehead atoms. The molecular weight excluding hydrogens is 152 g/mol. The third-order valence-electron chi connectivity index (χ3n) is 1.43. The quantitative estimate of drug-likeness (QED) is 0.363. The van der Waals surface area contributed by atoms with Crippen LogP contribution in [-0.2, 0) is 0 Å². The Bertz CT molecular complexity index is 302. The smallest absolute Gasteiger partial charge is 0.125 e. The van der Waals surface area contributed by atoms with Gasteiger partial charge in [0.25, 0.3) is 0 Å². The first-order valence-corrected chi connectivity index (χ1v) is 3.49. The first-order chi connectivity index (χ1) is 5.77. The summed E-state index contributed by atoms with van der Waals surface area (Å²) in [5, 5.41) is 0. The maximum atomic E-state index is 5.21. The van der Waals surface area contributed by atoms with E-state index >= 15 is 0 Å². The second-order valence-electron chi connectivity index (χ2n) is 2.30. The molecule has 1 unspecified atom stereocenters. The van der Waals surface area contributed by atoms with Gasteiger partial charge in [-0.05, 0) is 13.0 Å². The highest BCUT2D eigenvalue weighted by atomic mass is 15.2. The van der Waals surface area contributed by atoms with Crippen molar-refractivity contribution in [2.24, 2.45) is 5.84 Å². The van der Waals surface area contributed by atoms with Crippen molar-refractivity contribution < 1.29 is 0 Å². The molecule has 4 nitrogen and oxygen atoms in total. The van der Waals surface area contributed by atoms with Crippen LogP contribution in [0, 0.1) is 19.3 Å². The van der Waals surface area contributed by atoms with E-state index in [9.17, 15) is 0 Å². The number of hydrazine groups is 1. The van der Waals surface area contributed by atoms with Crippen LogP contribution in [-0.4, -0.2) is 9.97 Å². The van der Waals surface area contributed by atoms with E-state index in [0.29, 0.717) is 11.5 Å². The van der Waals surface area contributed by atoms with Crippen LogP contribution in [0.3, 0.4) is 0 Å². The Hall–Kier alpha value is -1.44. The molecule has 1 aromatic heterocycles. The molecule has 0 saturated carbocycles. The van der Waals surface area contributed by atoms with Gasteiger partial charge in [-0.3, -0.25) is 5.84 Å². The summed E-state index contributed by atoms with van der Waals surface area (Å²) in [6.45, 7) is 1.80. The van der Waals surface area contributed by atoms with E-state index in [-0.39, 0.29) is 6.04 Å². The van der Waals surface area contributed by atoms with E-state index < -0.39 is 0 Å². The molecule has 0 amide bonds. The van der Waals surface area contributed by atoms with Gasteiger partial charge in [0.1, 0.15) is 11.9 Å². The predicted octanol–water partition coefficient (Wildman–Crippen LogP) is -0.0774. The van der Waals surface area contributed by atoms with E-state index in [4.69, 9.17) is 12.3 Å². The van der Waals surface area contributed by atoms with Crippen molar-refractivity contribution in [1.82, 2.24) is 15.4 Å². The van der Waals surface area contributed by atoms with Gasteiger partial charge in [-0.1, -0.05) is 5.92 Å². The molecule has 0 aliphatic carbocycles. The van der Waals surface area contributed by atoms with Crippen LogP contribution in [0.4, 0.5) is 0 Å². The van der Waals surface area contributed by atoms with Gasteiger partial charge in [0.2, 0.25) is 0 Å². The topological polar surface area (TPSA) is 63.8 Å². The molecule has 3 N–H and O–H groups in total. The molecule has 0 aliphatic heterocycles. The number of nitrogens with one attached hydrogen (secondary N) is 1. The molecule has 12 heavy (non-hydrogen) atoms. The lowest BCUT2D eigenvalue weighted by atomic mass is 10.2. The van der Waals surface area contributed by atoms with Gasteiger partial charge in [0.05, 0.1) is 5.69 Å². The number of nitrogens with two attached hydrogens (primary N) is 1. The zero-order chi connectivity index (χ0) is 8.97. The fraction of sp³-hybridized carbons (Fsp3) is 0.250. The molecule has 0 fully saturated rings. The zero-order valence-corrected chi connectivity index (χ0v) is 6.78. The second kappa shape index (κ2) is 3.81. The number of hydrogen-bond acceptors (Lipinski definition) is 4. The van der Waals surface area contributed by atoms with Crippen molar-refractivity contribution in [1.29, 1.82) is 0 Å². The lowest BCUT2D eigenvalue weighted by Gasteiger charge is -2.07. The second-order valence-corrected chi connectivity index (χ2v) is 2.30. The molecule has 1 atom stereocenters. The van der Waals surface area contributed by atoms with Crippen LogP contribution in [0.1, 0.15) is 17.6 Å². The summed E-state index contributed by atoms with van der Waals surface area (Å²) in [4.78, 5) is 8.06. The Balaban J connectivity index is 2.95. The number of aryl methyl sites for hydroxylation is 1. The van der Waals surface area contributed by atoms with E-state index in [0.717, 1.165) is 0 Å². The van der Waals surface area contributed by atoms with Gasteiger partial charge in [-0.2, -0.15) is 0 Å². The summed E-state index contributed by atoms with van der Waals surface area (Å²) < 4.78 is 0. The highest BCUT2D eigenvalue weighted by molar-refractivity contribution is 5.16. The normalized spacial score (nSPS) is 12.1. The highest BCUT2D eigenvalue weighted by Gasteiger charge is 2.06. The molecular formula is C8H10N4. The van der Waals surface area contributed by atoms with Gasteiger partial charge in [-0.25, -0.2) is 15.4 Å². The average Bonchev–Trinajstić information content (AvgIpc) is 2.07. The summed E-state index contributed by atoms with van der Waals surface area (Å²) in [5.74, 6) is 8.36. The van der Waals surface area contributed by atoms with Crippen molar-refractivity contribution in [2.75, 3.05) is 0 Å². The molecule has 1 aromatic rings. The van der Waals surface area contributed by atoms with Crippen LogP contribution >= 0.6 is 0 Å². The molecule has 0 spiro atoms. The zero-order valence-electron chi connectivity index (χ0n) is 6.78. The fourth-order valence-electron chi connectivity index (χ4n) is 0.854. The van der Waals surface area contributed by atoms with Gasteiger partial charge in [0.15, 0.2) is 0 Å². The summed E-state index contributed by atoms with van der Waals surface area (Å²) in [7, 11) is 0. The molecule has 1 rings (SSSR count). The summed E-state index contributed by atoms with van der Waals surface area (Å²) in [6, 6.07) is 1.39. The number of hydrogen-bond donors (Lipinski definition) is 2. The third kappa shape index (κ3) is 1.78. The van der Waals surface area contributed by atoms with E-state index in [1.54, 1.807) is 19.2 Å². The van der Waals surface area contributed by atoms with Crippen molar-refractivity contribution in [3.8, 4) is 12.3 Å². The van der Waals surface area contributed by atoms with Crippen molar-refractivity contribution >= 4 is 0 Å². The van der Waals surface area contributed by atoms with Gasteiger partial charge >= 0.3 is 0 Å². The van der Waals surface area contributed by atoms with Crippen molar-refractivity contribution in [3.63, 3.8) is 0 Å². The molecule has 0 radical (unpaired) electrons. The Morgan fingerprint density at radius 2 is 2.50 bits per heavy atom. The minimum Gasteiger partial charge on any atom is -0.270 e. The first kappa shape index (κ1) is 8.65. The molecule has 0 aromatic carbocycles. The first-order valence-electron chi connectivity index (χ1n) is 3.49. The lowest BCUT2D eigenvalue weighted by Crippen LogP contribution is -2.27. The Kier molecular flexibility index (Phi) is 2.75. The maximum absolute atomic E-state index is 5.21. The molecule has 1 heterocycles. The predicted molar refractivity (Wildman–Crippen MR) is 45.7 cm³/mol. The molecule has 62 valence electrons. The maximum Gasteiger partial charge on any atom is 0.125 e. The van der Waals surface area contributed by atoms with Gasteiger partial charge in [0, 0.05) is 6.20 Å². The summed E-state index contributed by atoms with van der Waals surface area (Å²) in [5.41, 5.74) is 3.18. The van der Waals surface area contributed by atoms with Crippen LogP contribution in [0.2, 0.25) is 0 Å². The van der Waals surface area contributed by atoms with Crippen LogP contribution < -0.4 is 11.3 Å². The van der Waals surface area contributed by atoms with Crippen LogP contribution in [0.5, 0.6) is 0 Å². The Morgan fingerprint density at radius 3 is 3.00 bits per heavy atom. The average molecular weight is 162 g/mol.